The van der Waals surface area contributed by atoms with E-state index in [4.69, 9.17) is 22.1 Å². The van der Waals surface area contributed by atoms with Crippen LogP contribution >= 0.6 is 11.6 Å². The zero-order valence-electron chi connectivity index (χ0n) is 7.88. The van der Waals surface area contributed by atoms with Gasteiger partial charge in [0.05, 0.1) is 7.11 Å². The Kier molecular flexibility index (Phi) is 3.58. The molecule has 1 unspecified atom stereocenters. The van der Waals surface area contributed by atoms with Gasteiger partial charge in [-0.25, -0.2) is 0 Å². The summed E-state index contributed by atoms with van der Waals surface area (Å²) >= 11 is 5.89. The Balaban J connectivity index is 3.01. The molecule has 0 bridgehead atoms. The Hall–Kier alpha value is -0.730. The number of methoxy groups -OCH3 is 1. The van der Waals surface area contributed by atoms with Gasteiger partial charge in [-0.2, -0.15) is 0 Å². The maximum Gasteiger partial charge on any atom is 0.120 e. The van der Waals surface area contributed by atoms with Crippen molar-refractivity contribution in [1.29, 1.82) is 0 Å². The normalized spacial score (nSPS) is 12.6. The van der Waals surface area contributed by atoms with Crippen LogP contribution in [0.4, 0.5) is 0 Å². The lowest BCUT2D eigenvalue weighted by Gasteiger charge is -2.11. The summed E-state index contributed by atoms with van der Waals surface area (Å²) in [6.07, 6.45) is 0.892. The standard InChI is InChI=1S/C10H14ClNO/c1-3-10(12)7-4-8(11)6-9(5-7)13-2/h4-6,10H,3,12H2,1-2H3. The van der Waals surface area contributed by atoms with Crippen molar-refractivity contribution < 1.29 is 4.74 Å². The molecule has 0 heterocycles. The van der Waals surface area contributed by atoms with Crippen LogP contribution in [0.3, 0.4) is 0 Å². The van der Waals surface area contributed by atoms with Gasteiger partial charge in [0.15, 0.2) is 0 Å². The van der Waals surface area contributed by atoms with E-state index in [1.807, 2.05) is 19.1 Å². The van der Waals surface area contributed by atoms with Crippen molar-refractivity contribution in [3.8, 4) is 5.75 Å². The second kappa shape index (κ2) is 4.49. The van der Waals surface area contributed by atoms with Gasteiger partial charge in [-0.15, -0.1) is 0 Å². The number of hydrogen-bond donors (Lipinski definition) is 1. The van der Waals surface area contributed by atoms with E-state index >= 15 is 0 Å². The molecule has 0 amide bonds. The molecule has 1 aromatic carbocycles. The van der Waals surface area contributed by atoms with Crippen molar-refractivity contribution in [2.75, 3.05) is 7.11 Å². The highest BCUT2D eigenvalue weighted by atomic mass is 35.5. The lowest BCUT2D eigenvalue weighted by atomic mass is 10.1. The van der Waals surface area contributed by atoms with Crippen LogP contribution < -0.4 is 10.5 Å². The summed E-state index contributed by atoms with van der Waals surface area (Å²) in [5, 5.41) is 0.665. The molecule has 72 valence electrons. The highest BCUT2D eigenvalue weighted by molar-refractivity contribution is 6.30. The molecule has 3 heteroatoms. The zero-order valence-corrected chi connectivity index (χ0v) is 8.64. The summed E-state index contributed by atoms with van der Waals surface area (Å²) in [4.78, 5) is 0. The summed E-state index contributed by atoms with van der Waals surface area (Å²) < 4.78 is 5.09. The third-order valence-corrected chi connectivity index (χ3v) is 2.22. The summed E-state index contributed by atoms with van der Waals surface area (Å²) in [7, 11) is 1.62. The molecule has 1 rings (SSSR count). The van der Waals surface area contributed by atoms with Crippen molar-refractivity contribution >= 4 is 11.6 Å². The number of benzene rings is 1. The minimum Gasteiger partial charge on any atom is -0.497 e. The Morgan fingerprint density at radius 1 is 1.46 bits per heavy atom. The van der Waals surface area contributed by atoms with E-state index in [9.17, 15) is 0 Å². The molecular weight excluding hydrogens is 186 g/mol. The van der Waals surface area contributed by atoms with Crippen molar-refractivity contribution in [2.45, 2.75) is 19.4 Å². The van der Waals surface area contributed by atoms with Crippen molar-refractivity contribution in [1.82, 2.24) is 0 Å². The van der Waals surface area contributed by atoms with E-state index < -0.39 is 0 Å². The number of hydrogen-bond acceptors (Lipinski definition) is 2. The van der Waals surface area contributed by atoms with Crippen LogP contribution in [0.1, 0.15) is 24.9 Å². The quantitative estimate of drug-likeness (QED) is 0.813. The van der Waals surface area contributed by atoms with Crippen LogP contribution in [0.25, 0.3) is 0 Å². The predicted octanol–water partition coefficient (Wildman–Crippen LogP) is 2.76. The Bertz CT molecular complexity index is 288. The largest absolute Gasteiger partial charge is 0.497 e. The molecule has 1 atom stereocenters. The summed E-state index contributed by atoms with van der Waals surface area (Å²) in [5.41, 5.74) is 6.89. The number of halogens is 1. The lowest BCUT2D eigenvalue weighted by Crippen LogP contribution is -2.08. The van der Waals surface area contributed by atoms with Crippen LogP contribution in [0.15, 0.2) is 18.2 Å². The molecular formula is C10H14ClNO. The van der Waals surface area contributed by atoms with Gasteiger partial charge in [-0.05, 0) is 30.2 Å². The molecule has 0 aliphatic heterocycles. The maximum absolute atomic E-state index is 5.89. The van der Waals surface area contributed by atoms with Crippen LogP contribution in [-0.4, -0.2) is 7.11 Å². The second-order valence-corrected chi connectivity index (χ2v) is 3.38. The molecule has 0 aliphatic rings. The molecule has 0 saturated heterocycles. The molecule has 0 radical (unpaired) electrons. The summed E-state index contributed by atoms with van der Waals surface area (Å²) in [6, 6.07) is 5.60. The summed E-state index contributed by atoms with van der Waals surface area (Å²) in [6.45, 7) is 2.04. The molecule has 0 aliphatic carbocycles. The minimum absolute atomic E-state index is 0.0348. The molecule has 0 aromatic heterocycles. The van der Waals surface area contributed by atoms with E-state index in [-0.39, 0.29) is 6.04 Å². The van der Waals surface area contributed by atoms with Gasteiger partial charge in [-0.1, -0.05) is 18.5 Å². The van der Waals surface area contributed by atoms with Gasteiger partial charge < -0.3 is 10.5 Å². The topological polar surface area (TPSA) is 35.2 Å². The average Bonchev–Trinajstić information content (AvgIpc) is 2.15. The molecule has 2 N–H and O–H groups in total. The molecule has 0 fully saturated rings. The van der Waals surface area contributed by atoms with Crippen LogP contribution in [-0.2, 0) is 0 Å². The highest BCUT2D eigenvalue weighted by Gasteiger charge is 2.05. The van der Waals surface area contributed by atoms with E-state index in [0.29, 0.717) is 5.02 Å². The zero-order chi connectivity index (χ0) is 9.84. The Morgan fingerprint density at radius 3 is 2.69 bits per heavy atom. The smallest absolute Gasteiger partial charge is 0.120 e. The summed E-state index contributed by atoms with van der Waals surface area (Å²) in [5.74, 6) is 0.756. The van der Waals surface area contributed by atoms with E-state index in [1.165, 1.54) is 0 Å². The predicted molar refractivity (Wildman–Crippen MR) is 55.2 cm³/mol. The van der Waals surface area contributed by atoms with Gasteiger partial charge in [0.1, 0.15) is 5.75 Å². The average molecular weight is 200 g/mol. The van der Waals surface area contributed by atoms with Gasteiger partial charge in [-0.3, -0.25) is 0 Å². The Morgan fingerprint density at radius 2 is 2.15 bits per heavy atom. The van der Waals surface area contributed by atoms with Gasteiger partial charge in [0.2, 0.25) is 0 Å². The van der Waals surface area contributed by atoms with Gasteiger partial charge in [0.25, 0.3) is 0 Å². The third-order valence-electron chi connectivity index (χ3n) is 2.00. The van der Waals surface area contributed by atoms with E-state index in [1.54, 1.807) is 13.2 Å². The second-order valence-electron chi connectivity index (χ2n) is 2.94. The number of ether oxygens (including phenoxy) is 1. The van der Waals surface area contributed by atoms with Crippen LogP contribution in [0.2, 0.25) is 5.02 Å². The van der Waals surface area contributed by atoms with Crippen molar-refractivity contribution in [3.05, 3.63) is 28.8 Å². The first-order valence-electron chi connectivity index (χ1n) is 4.27. The fourth-order valence-corrected chi connectivity index (χ4v) is 1.39. The van der Waals surface area contributed by atoms with Gasteiger partial charge in [0, 0.05) is 11.1 Å². The molecule has 2 nitrogen and oxygen atoms in total. The van der Waals surface area contributed by atoms with Crippen molar-refractivity contribution in [3.63, 3.8) is 0 Å². The Labute approximate surface area is 83.6 Å². The molecule has 13 heavy (non-hydrogen) atoms. The van der Waals surface area contributed by atoms with E-state index in [0.717, 1.165) is 17.7 Å². The monoisotopic (exact) mass is 199 g/mol. The first kappa shape index (κ1) is 10.4. The number of nitrogens with two attached hydrogens (primary N) is 1. The van der Waals surface area contributed by atoms with E-state index in [2.05, 4.69) is 0 Å². The first-order valence-corrected chi connectivity index (χ1v) is 4.65. The van der Waals surface area contributed by atoms with Crippen LogP contribution in [0.5, 0.6) is 5.75 Å². The van der Waals surface area contributed by atoms with Crippen molar-refractivity contribution in [2.24, 2.45) is 5.73 Å². The van der Waals surface area contributed by atoms with Crippen LogP contribution in [0, 0.1) is 0 Å². The molecule has 0 saturated carbocycles. The molecule has 0 spiro atoms. The fraction of sp³-hybridized carbons (Fsp3) is 0.400. The highest BCUT2D eigenvalue weighted by Crippen LogP contribution is 2.24. The molecule has 1 aromatic rings. The number of rotatable bonds is 3. The minimum atomic E-state index is 0.0348. The SMILES string of the molecule is CCC(N)c1cc(Cl)cc(OC)c1. The lowest BCUT2D eigenvalue weighted by molar-refractivity contribution is 0.413. The fourth-order valence-electron chi connectivity index (χ4n) is 1.15. The first-order chi connectivity index (χ1) is 6.17. The third kappa shape index (κ3) is 2.61. The maximum atomic E-state index is 5.89. The van der Waals surface area contributed by atoms with Gasteiger partial charge >= 0.3 is 0 Å².